The number of hydrogen-bond acceptors (Lipinski definition) is 5. The standard InChI is InChI=1S/C22H18N4O3/c23-14-15-6-11-20(19(24)12-15)26-22(28)13-21(27)25-16-7-9-18(10-8-16)29-17-4-2-1-3-5-17/h1-12H,13,24H2,(H,25,27)(H,26,28). The molecule has 0 spiro atoms. The predicted molar refractivity (Wildman–Crippen MR) is 110 cm³/mol. The number of carbonyl (C=O) groups excluding carboxylic acids is 2. The maximum atomic E-state index is 12.1. The molecular weight excluding hydrogens is 368 g/mol. The first-order valence-corrected chi connectivity index (χ1v) is 8.76. The molecule has 0 aliphatic carbocycles. The summed E-state index contributed by atoms with van der Waals surface area (Å²) in [5.41, 5.74) is 7.33. The Bertz CT molecular complexity index is 1060. The van der Waals surface area contributed by atoms with E-state index >= 15 is 0 Å². The number of nitrogens with one attached hydrogen (secondary N) is 2. The lowest BCUT2D eigenvalue weighted by Gasteiger charge is -2.10. The highest BCUT2D eigenvalue weighted by Gasteiger charge is 2.12. The maximum absolute atomic E-state index is 12.1. The minimum Gasteiger partial charge on any atom is -0.457 e. The summed E-state index contributed by atoms with van der Waals surface area (Å²) in [5.74, 6) is 0.362. The molecule has 0 saturated heterocycles. The molecule has 29 heavy (non-hydrogen) atoms. The number of rotatable bonds is 6. The first kappa shape index (κ1) is 19.5. The highest BCUT2D eigenvalue weighted by Crippen LogP contribution is 2.23. The van der Waals surface area contributed by atoms with Crippen molar-refractivity contribution in [1.29, 1.82) is 5.26 Å². The predicted octanol–water partition coefficient (Wildman–Crippen LogP) is 3.90. The zero-order valence-electron chi connectivity index (χ0n) is 15.4. The van der Waals surface area contributed by atoms with Gasteiger partial charge in [-0.15, -0.1) is 0 Å². The molecular formula is C22H18N4O3. The SMILES string of the molecule is N#Cc1ccc(NC(=O)CC(=O)Nc2ccc(Oc3ccccc3)cc2)c(N)c1. The number of nitriles is 1. The quantitative estimate of drug-likeness (QED) is 0.439. The van der Waals surface area contributed by atoms with Gasteiger partial charge in [-0.3, -0.25) is 9.59 Å². The Balaban J connectivity index is 1.52. The van der Waals surface area contributed by atoms with E-state index in [1.54, 1.807) is 24.3 Å². The number of para-hydroxylation sites is 1. The molecule has 0 bridgehead atoms. The molecule has 7 nitrogen and oxygen atoms in total. The smallest absolute Gasteiger partial charge is 0.233 e. The van der Waals surface area contributed by atoms with Crippen molar-refractivity contribution in [2.45, 2.75) is 6.42 Å². The molecule has 7 heteroatoms. The van der Waals surface area contributed by atoms with E-state index in [9.17, 15) is 9.59 Å². The van der Waals surface area contributed by atoms with Gasteiger partial charge in [0.1, 0.15) is 17.9 Å². The van der Waals surface area contributed by atoms with E-state index < -0.39 is 11.8 Å². The molecule has 0 heterocycles. The van der Waals surface area contributed by atoms with Gasteiger partial charge in [0.15, 0.2) is 0 Å². The van der Waals surface area contributed by atoms with Crippen LogP contribution in [0.1, 0.15) is 12.0 Å². The molecule has 0 radical (unpaired) electrons. The number of amides is 2. The second kappa shape index (κ2) is 9.06. The topological polar surface area (TPSA) is 117 Å². The summed E-state index contributed by atoms with van der Waals surface area (Å²) in [7, 11) is 0. The van der Waals surface area contributed by atoms with E-state index in [0.29, 0.717) is 28.4 Å². The van der Waals surface area contributed by atoms with Gasteiger partial charge >= 0.3 is 0 Å². The molecule has 3 aromatic carbocycles. The Hall–Kier alpha value is -4.31. The third-order valence-corrected chi connectivity index (χ3v) is 3.89. The number of carbonyl (C=O) groups is 2. The van der Waals surface area contributed by atoms with Crippen LogP contribution in [0, 0.1) is 11.3 Å². The van der Waals surface area contributed by atoms with E-state index in [1.807, 2.05) is 36.4 Å². The van der Waals surface area contributed by atoms with Crippen molar-refractivity contribution in [3.63, 3.8) is 0 Å². The minimum atomic E-state index is -0.511. The zero-order valence-corrected chi connectivity index (χ0v) is 15.4. The van der Waals surface area contributed by atoms with Gasteiger partial charge in [0.25, 0.3) is 0 Å². The van der Waals surface area contributed by atoms with Crippen molar-refractivity contribution >= 4 is 28.9 Å². The van der Waals surface area contributed by atoms with Crippen LogP contribution in [0.3, 0.4) is 0 Å². The van der Waals surface area contributed by atoms with Crippen molar-refractivity contribution in [2.75, 3.05) is 16.4 Å². The lowest BCUT2D eigenvalue weighted by atomic mass is 10.2. The summed E-state index contributed by atoms with van der Waals surface area (Å²) in [6, 6.07) is 22.6. The number of ether oxygens (including phenoxy) is 1. The van der Waals surface area contributed by atoms with Crippen LogP contribution in [-0.4, -0.2) is 11.8 Å². The summed E-state index contributed by atoms with van der Waals surface area (Å²) >= 11 is 0. The summed E-state index contributed by atoms with van der Waals surface area (Å²) in [4.78, 5) is 24.2. The van der Waals surface area contributed by atoms with Gasteiger partial charge in [-0.1, -0.05) is 18.2 Å². The van der Waals surface area contributed by atoms with Crippen LogP contribution in [0.25, 0.3) is 0 Å². The Labute approximate surface area is 167 Å². The molecule has 3 aromatic rings. The molecule has 144 valence electrons. The molecule has 0 fully saturated rings. The summed E-state index contributed by atoms with van der Waals surface area (Å²) in [6.07, 6.45) is -0.373. The number of nitrogens with two attached hydrogens (primary N) is 1. The van der Waals surface area contributed by atoms with Crippen LogP contribution in [-0.2, 0) is 9.59 Å². The normalized spacial score (nSPS) is 9.90. The fourth-order valence-corrected chi connectivity index (χ4v) is 2.52. The fourth-order valence-electron chi connectivity index (χ4n) is 2.52. The van der Waals surface area contributed by atoms with Gasteiger partial charge in [0, 0.05) is 5.69 Å². The van der Waals surface area contributed by atoms with Gasteiger partial charge in [-0.2, -0.15) is 5.26 Å². The average Bonchev–Trinajstić information content (AvgIpc) is 2.71. The van der Waals surface area contributed by atoms with Crippen LogP contribution in [0.5, 0.6) is 11.5 Å². The largest absolute Gasteiger partial charge is 0.457 e. The third-order valence-electron chi connectivity index (χ3n) is 3.89. The zero-order chi connectivity index (χ0) is 20.6. The van der Waals surface area contributed by atoms with Crippen molar-refractivity contribution in [3.05, 3.63) is 78.4 Å². The fraction of sp³-hybridized carbons (Fsp3) is 0.0455. The Kier molecular flexibility index (Phi) is 6.08. The van der Waals surface area contributed by atoms with Gasteiger partial charge in [-0.25, -0.2) is 0 Å². The first-order valence-electron chi connectivity index (χ1n) is 8.76. The van der Waals surface area contributed by atoms with Crippen LogP contribution >= 0.6 is 0 Å². The van der Waals surface area contributed by atoms with E-state index in [1.165, 1.54) is 18.2 Å². The summed E-state index contributed by atoms with van der Waals surface area (Å²) in [6.45, 7) is 0. The van der Waals surface area contributed by atoms with Gasteiger partial charge < -0.3 is 21.1 Å². The van der Waals surface area contributed by atoms with Crippen molar-refractivity contribution in [1.82, 2.24) is 0 Å². The molecule has 0 aliphatic heterocycles. The van der Waals surface area contributed by atoms with Gasteiger partial charge in [-0.05, 0) is 54.6 Å². The molecule has 0 aliphatic rings. The van der Waals surface area contributed by atoms with Crippen LogP contribution in [0.2, 0.25) is 0 Å². The lowest BCUT2D eigenvalue weighted by Crippen LogP contribution is -2.21. The van der Waals surface area contributed by atoms with E-state index in [-0.39, 0.29) is 12.1 Å². The molecule has 4 N–H and O–H groups in total. The average molecular weight is 386 g/mol. The monoisotopic (exact) mass is 386 g/mol. The van der Waals surface area contributed by atoms with Crippen molar-refractivity contribution in [3.8, 4) is 17.6 Å². The second-order valence-electron chi connectivity index (χ2n) is 6.13. The number of anilines is 3. The van der Waals surface area contributed by atoms with Crippen molar-refractivity contribution < 1.29 is 14.3 Å². The number of benzene rings is 3. The molecule has 3 rings (SSSR count). The minimum absolute atomic E-state index is 0.256. The molecule has 0 unspecified atom stereocenters. The Morgan fingerprint density at radius 1 is 0.897 bits per heavy atom. The van der Waals surface area contributed by atoms with Crippen LogP contribution < -0.4 is 21.1 Å². The van der Waals surface area contributed by atoms with E-state index in [0.717, 1.165) is 0 Å². The number of nitrogens with zero attached hydrogens (tertiary/aromatic N) is 1. The van der Waals surface area contributed by atoms with E-state index in [4.69, 9.17) is 15.7 Å². The summed E-state index contributed by atoms with van der Waals surface area (Å²) < 4.78 is 5.69. The van der Waals surface area contributed by atoms with Crippen LogP contribution in [0.4, 0.5) is 17.1 Å². The Morgan fingerprint density at radius 2 is 1.55 bits per heavy atom. The first-order chi connectivity index (χ1) is 14.0. The number of nitrogen functional groups attached to an aromatic ring is 1. The maximum Gasteiger partial charge on any atom is 0.233 e. The van der Waals surface area contributed by atoms with Crippen LogP contribution in [0.15, 0.2) is 72.8 Å². The number of hydrogen-bond donors (Lipinski definition) is 3. The lowest BCUT2D eigenvalue weighted by molar-refractivity contribution is -0.123. The molecule has 0 atom stereocenters. The Morgan fingerprint density at radius 3 is 2.21 bits per heavy atom. The third kappa shape index (κ3) is 5.58. The molecule has 0 saturated carbocycles. The highest BCUT2D eigenvalue weighted by atomic mass is 16.5. The van der Waals surface area contributed by atoms with Gasteiger partial charge in [0.05, 0.1) is 23.0 Å². The molecule has 0 aromatic heterocycles. The second-order valence-corrected chi connectivity index (χ2v) is 6.13. The highest BCUT2D eigenvalue weighted by molar-refractivity contribution is 6.08. The van der Waals surface area contributed by atoms with Gasteiger partial charge in [0.2, 0.25) is 11.8 Å². The molecule has 2 amide bonds. The van der Waals surface area contributed by atoms with E-state index in [2.05, 4.69) is 10.6 Å². The summed E-state index contributed by atoms with van der Waals surface area (Å²) in [5, 5.41) is 14.0. The van der Waals surface area contributed by atoms with Crippen molar-refractivity contribution in [2.24, 2.45) is 0 Å².